The number of nitrogens with one attached hydrogen (secondary N) is 2. The van der Waals surface area contributed by atoms with Crippen LogP contribution < -0.4 is 10.6 Å². The first-order valence-corrected chi connectivity index (χ1v) is 12.3. The highest BCUT2D eigenvalue weighted by molar-refractivity contribution is 6.36. The van der Waals surface area contributed by atoms with Gasteiger partial charge in [0.05, 0.1) is 24.3 Å². The second kappa shape index (κ2) is 13.4. The Morgan fingerprint density at radius 1 is 0.711 bits per heavy atom. The van der Waals surface area contributed by atoms with E-state index in [0.29, 0.717) is 33.1 Å². The Morgan fingerprint density at radius 2 is 1.16 bits per heavy atom. The van der Waals surface area contributed by atoms with Gasteiger partial charge in [0.1, 0.15) is 5.57 Å². The first-order chi connectivity index (χ1) is 18.2. The number of anilines is 2. The summed E-state index contributed by atoms with van der Waals surface area (Å²) < 4.78 is 9.92. The largest absolute Gasteiger partial charge is 0.462 e. The number of halogens is 2. The third-order valence-corrected chi connectivity index (χ3v) is 5.62. The molecule has 3 aromatic carbocycles. The van der Waals surface area contributed by atoms with E-state index in [-0.39, 0.29) is 23.8 Å². The van der Waals surface area contributed by atoms with Crippen LogP contribution in [0.15, 0.2) is 72.3 Å². The van der Waals surface area contributed by atoms with Gasteiger partial charge in [0, 0.05) is 21.4 Å². The van der Waals surface area contributed by atoms with Gasteiger partial charge in [-0.1, -0.05) is 29.3 Å². The van der Waals surface area contributed by atoms with Gasteiger partial charge in [-0.25, -0.2) is 9.59 Å². The minimum Gasteiger partial charge on any atom is -0.462 e. The van der Waals surface area contributed by atoms with Gasteiger partial charge in [0.2, 0.25) is 0 Å². The molecule has 0 aliphatic carbocycles. The van der Waals surface area contributed by atoms with Crippen molar-refractivity contribution in [2.24, 2.45) is 0 Å². The van der Waals surface area contributed by atoms with Crippen molar-refractivity contribution in [1.82, 2.24) is 0 Å². The van der Waals surface area contributed by atoms with Crippen molar-refractivity contribution in [2.45, 2.75) is 13.8 Å². The monoisotopic (exact) mass is 554 g/mol. The van der Waals surface area contributed by atoms with E-state index >= 15 is 0 Å². The van der Waals surface area contributed by atoms with Crippen LogP contribution in [-0.2, 0) is 19.1 Å². The smallest absolute Gasteiger partial charge is 0.338 e. The maximum Gasteiger partial charge on any atom is 0.338 e. The average molecular weight is 555 g/mol. The predicted molar refractivity (Wildman–Crippen MR) is 146 cm³/mol. The minimum atomic E-state index is -0.722. The van der Waals surface area contributed by atoms with E-state index in [2.05, 4.69) is 10.6 Å². The fourth-order valence-corrected chi connectivity index (χ4v) is 3.68. The Bertz CT molecular complexity index is 1290. The average Bonchev–Trinajstić information content (AvgIpc) is 2.89. The SMILES string of the molecule is CCOC(=O)c1ccc(NC(=O)C(=Cc2ccc(Cl)cc2Cl)C(=O)Nc2ccc(C(=O)OCC)cc2)cc1. The third-order valence-electron chi connectivity index (χ3n) is 5.06. The van der Waals surface area contributed by atoms with Crippen LogP contribution in [0.5, 0.6) is 0 Å². The summed E-state index contributed by atoms with van der Waals surface area (Å²) in [5.41, 5.74) is 1.48. The van der Waals surface area contributed by atoms with Gasteiger partial charge in [0.25, 0.3) is 11.8 Å². The van der Waals surface area contributed by atoms with Crippen LogP contribution in [0.25, 0.3) is 6.08 Å². The number of hydrogen-bond donors (Lipinski definition) is 2. The molecular formula is C28H24Cl2N2O6. The highest BCUT2D eigenvalue weighted by Crippen LogP contribution is 2.24. The van der Waals surface area contributed by atoms with Gasteiger partial charge in [-0.3, -0.25) is 9.59 Å². The molecule has 8 nitrogen and oxygen atoms in total. The summed E-state index contributed by atoms with van der Waals surface area (Å²) in [6, 6.07) is 16.7. The van der Waals surface area contributed by atoms with Gasteiger partial charge in [0.15, 0.2) is 0 Å². The highest BCUT2D eigenvalue weighted by Gasteiger charge is 2.20. The molecule has 0 radical (unpaired) electrons. The van der Waals surface area contributed by atoms with Crippen LogP contribution in [-0.4, -0.2) is 37.0 Å². The lowest BCUT2D eigenvalue weighted by atomic mass is 10.1. The molecule has 0 saturated carbocycles. The fraction of sp³-hybridized carbons (Fsp3) is 0.143. The van der Waals surface area contributed by atoms with Crippen molar-refractivity contribution in [1.29, 1.82) is 0 Å². The molecule has 0 atom stereocenters. The lowest BCUT2D eigenvalue weighted by Crippen LogP contribution is -2.25. The summed E-state index contributed by atoms with van der Waals surface area (Å²) in [4.78, 5) is 50.2. The van der Waals surface area contributed by atoms with Crippen LogP contribution in [0.1, 0.15) is 40.1 Å². The molecular weight excluding hydrogens is 531 g/mol. The first-order valence-electron chi connectivity index (χ1n) is 11.6. The molecule has 38 heavy (non-hydrogen) atoms. The molecule has 0 aliphatic rings. The summed E-state index contributed by atoms with van der Waals surface area (Å²) in [7, 11) is 0. The van der Waals surface area contributed by atoms with E-state index < -0.39 is 23.8 Å². The molecule has 2 N–H and O–H groups in total. The minimum absolute atomic E-state index is 0.236. The van der Waals surface area contributed by atoms with Crippen molar-refractivity contribution in [3.63, 3.8) is 0 Å². The van der Waals surface area contributed by atoms with Crippen LogP contribution in [0.3, 0.4) is 0 Å². The number of amides is 2. The molecule has 3 rings (SSSR count). The second-order valence-electron chi connectivity index (χ2n) is 7.73. The van der Waals surface area contributed by atoms with Gasteiger partial charge in [-0.05, 0) is 86.2 Å². The number of ether oxygens (including phenoxy) is 2. The molecule has 0 heterocycles. The zero-order chi connectivity index (χ0) is 27.7. The molecule has 0 aliphatic heterocycles. The topological polar surface area (TPSA) is 111 Å². The van der Waals surface area contributed by atoms with E-state index in [1.54, 1.807) is 26.0 Å². The van der Waals surface area contributed by atoms with E-state index in [9.17, 15) is 19.2 Å². The molecule has 3 aromatic rings. The summed E-state index contributed by atoms with van der Waals surface area (Å²) in [6.07, 6.45) is 1.34. The molecule has 0 fully saturated rings. The lowest BCUT2D eigenvalue weighted by Gasteiger charge is -2.12. The van der Waals surface area contributed by atoms with Gasteiger partial charge in [-0.15, -0.1) is 0 Å². The molecule has 0 bridgehead atoms. The van der Waals surface area contributed by atoms with Crippen molar-refractivity contribution in [2.75, 3.05) is 23.8 Å². The van der Waals surface area contributed by atoms with Crippen molar-refractivity contribution >= 4 is 64.4 Å². The predicted octanol–water partition coefficient (Wildman–Crippen LogP) is 6.01. The fourth-order valence-electron chi connectivity index (χ4n) is 3.21. The quantitative estimate of drug-likeness (QED) is 0.145. The number of benzene rings is 3. The van der Waals surface area contributed by atoms with Crippen LogP contribution >= 0.6 is 23.2 Å². The van der Waals surface area contributed by atoms with Gasteiger partial charge < -0.3 is 20.1 Å². The number of carbonyl (C=O) groups is 4. The number of carbonyl (C=O) groups excluding carboxylic acids is 4. The molecule has 0 unspecified atom stereocenters. The molecule has 0 aromatic heterocycles. The normalized spacial score (nSPS) is 10.2. The summed E-state index contributed by atoms with van der Waals surface area (Å²) in [6.45, 7) is 3.87. The Kier molecular flexibility index (Phi) is 10.0. The van der Waals surface area contributed by atoms with E-state index in [1.807, 2.05) is 0 Å². The number of rotatable bonds is 9. The third kappa shape index (κ3) is 7.68. The maximum absolute atomic E-state index is 13.2. The molecule has 0 spiro atoms. The Hall–Kier alpha value is -4.14. The Balaban J connectivity index is 1.86. The number of esters is 2. The van der Waals surface area contributed by atoms with Crippen LogP contribution in [0.4, 0.5) is 11.4 Å². The zero-order valence-corrected chi connectivity index (χ0v) is 22.1. The highest BCUT2D eigenvalue weighted by atomic mass is 35.5. The first kappa shape index (κ1) is 28.4. The Labute approximate surface area is 229 Å². The summed E-state index contributed by atoms with van der Waals surface area (Å²) >= 11 is 12.2. The molecule has 10 heteroatoms. The van der Waals surface area contributed by atoms with Crippen LogP contribution in [0, 0.1) is 0 Å². The van der Waals surface area contributed by atoms with E-state index in [0.717, 1.165) is 0 Å². The van der Waals surface area contributed by atoms with Crippen LogP contribution in [0.2, 0.25) is 10.0 Å². The molecule has 196 valence electrons. The second-order valence-corrected chi connectivity index (χ2v) is 8.57. The lowest BCUT2D eigenvalue weighted by molar-refractivity contribution is -0.118. The number of hydrogen-bond acceptors (Lipinski definition) is 6. The van der Waals surface area contributed by atoms with Gasteiger partial charge >= 0.3 is 11.9 Å². The van der Waals surface area contributed by atoms with E-state index in [4.69, 9.17) is 32.7 Å². The maximum atomic E-state index is 13.2. The molecule has 0 saturated heterocycles. The van der Waals surface area contributed by atoms with Crippen molar-refractivity contribution in [3.05, 3.63) is 99.0 Å². The summed E-state index contributed by atoms with van der Waals surface area (Å²) in [5.74, 6) is -2.42. The van der Waals surface area contributed by atoms with E-state index in [1.165, 1.54) is 60.7 Å². The standard InChI is InChI=1S/C28H24Cl2N2O6/c1-3-37-27(35)17-6-11-21(12-7-17)31-25(33)23(15-19-5-10-20(29)16-24(19)30)26(34)32-22-13-8-18(9-14-22)28(36)38-4-2/h5-16H,3-4H2,1-2H3,(H,31,33)(H,32,34). The van der Waals surface area contributed by atoms with Crippen molar-refractivity contribution < 1.29 is 28.7 Å². The Morgan fingerprint density at radius 3 is 1.55 bits per heavy atom. The van der Waals surface area contributed by atoms with Gasteiger partial charge in [-0.2, -0.15) is 0 Å². The molecule has 2 amide bonds. The van der Waals surface area contributed by atoms with Crippen molar-refractivity contribution in [3.8, 4) is 0 Å². The summed E-state index contributed by atoms with van der Waals surface area (Å²) in [5, 5.41) is 5.93. The zero-order valence-electron chi connectivity index (χ0n) is 20.5.